The smallest absolute Gasteiger partial charge is 0.261 e. The second-order valence-corrected chi connectivity index (χ2v) is 10.1. The van der Waals surface area contributed by atoms with Gasteiger partial charge in [-0.1, -0.05) is 12.1 Å². The Labute approximate surface area is 284 Å². The van der Waals surface area contributed by atoms with Gasteiger partial charge >= 0.3 is 0 Å². The average Bonchev–Trinajstić information content (AvgIpc) is 3.34. The van der Waals surface area contributed by atoms with Crippen LogP contribution >= 0.6 is 0 Å². The molecule has 1 heterocycles. The van der Waals surface area contributed by atoms with Gasteiger partial charge < -0.3 is 57.4 Å². The molecule has 0 aromatic heterocycles. The summed E-state index contributed by atoms with van der Waals surface area (Å²) in [5, 5.41) is 3.02. The van der Waals surface area contributed by atoms with Crippen LogP contribution in [0, 0.1) is 0 Å². The van der Waals surface area contributed by atoms with Gasteiger partial charge in [-0.2, -0.15) is 0 Å². The van der Waals surface area contributed by atoms with Crippen molar-refractivity contribution >= 4 is 11.8 Å². The number of carbonyl (C=O) groups is 2. The normalized spacial score (nSPS) is 12.8. The van der Waals surface area contributed by atoms with E-state index in [4.69, 9.17) is 52.1 Å². The fourth-order valence-corrected chi connectivity index (χ4v) is 4.07. The molecule has 0 saturated carbocycles. The molecule has 0 spiro atoms. The summed E-state index contributed by atoms with van der Waals surface area (Å²) >= 11 is 0. The van der Waals surface area contributed by atoms with Crippen LogP contribution in [0.1, 0.15) is 20.7 Å². The second-order valence-electron chi connectivity index (χ2n) is 10.1. The molecule has 0 aliphatic carbocycles. The zero-order chi connectivity index (χ0) is 34.2. The molecule has 0 atom stereocenters. The zero-order valence-corrected chi connectivity index (χ0v) is 28.5. The fourth-order valence-electron chi connectivity index (χ4n) is 4.07. The summed E-state index contributed by atoms with van der Waals surface area (Å²) in [6.45, 7) is 11.8. The highest BCUT2D eigenvalue weighted by atomic mass is 16.6. The van der Waals surface area contributed by atoms with Crippen LogP contribution in [0.15, 0.2) is 24.3 Å². The Hall–Kier alpha value is -2.12. The monoisotopic (exact) mass is 688 g/mol. The Morgan fingerprint density at radius 2 is 0.667 bits per heavy atom. The van der Waals surface area contributed by atoms with Crippen LogP contribution in [0.25, 0.3) is 0 Å². The van der Waals surface area contributed by atoms with Crippen molar-refractivity contribution in [1.82, 2.24) is 10.2 Å². The molecule has 0 fully saturated rings. The molecule has 1 aromatic rings. The summed E-state index contributed by atoms with van der Waals surface area (Å²) in [7, 11) is 1.89. The number of fused-ring (bicyclic) bond motifs is 1. The summed E-state index contributed by atoms with van der Waals surface area (Å²) in [4.78, 5) is 25.8. The van der Waals surface area contributed by atoms with Crippen molar-refractivity contribution in [3.8, 4) is 0 Å². The molecule has 0 saturated heterocycles. The van der Waals surface area contributed by atoms with Gasteiger partial charge in [-0.3, -0.25) is 14.5 Å². The summed E-state index contributed by atoms with van der Waals surface area (Å²) in [5.41, 5.74) is 0.884. The first kappa shape index (κ1) is 42.0. The fraction of sp³-hybridized carbons (Fsp3) is 0.758. The molecular weight excluding hydrogens is 632 g/mol. The van der Waals surface area contributed by atoms with Crippen LogP contribution in [0.3, 0.4) is 0 Å². The van der Waals surface area contributed by atoms with E-state index < -0.39 is 0 Å². The van der Waals surface area contributed by atoms with Crippen LogP contribution in [0.2, 0.25) is 0 Å². The maximum Gasteiger partial charge on any atom is 0.261 e. The number of nitrogens with one attached hydrogen (secondary N) is 1. The van der Waals surface area contributed by atoms with Crippen molar-refractivity contribution in [3.05, 3.63) is 35.4 Å². The summed E-state index contributed by atoms with van der Waals surface area (Å²) in [5.74, 6) is -0.555. The van der Waals surface area contributed by atoms with Crippen molar-refractivity contribution in [2.75, 3.05) is 165 Å². The summed E-state index contributed by atoms with van der Waals surface area (Å²) in [6, 6.07) is 6.82. The van der Waals surface area contributed by atoms with E-state index in [1.807, 2.05) is 7.05 Å². The first-order valence-corrected chi connectivity index (χ1v) is 16.7. The van der Waals surface area contributed by atoms with Crippen molar-refractivity contribution < 1.29 is 61.7 Å². The van der Waals surface area contributed by atoms with Crippen molar-refractivity contribution in [2.45, 2.75) is 0 Å². The van der Waals surface area contributed by atoms with Crippen LogP contribution in [0.4, 0.5) is 0 Å². The van der Waals surface area contributed by atoms with Gasteiger partial charge in [0.05, 0.1) is 163 Å². The van der Waals surface area contributed by atoms with E-state index in [-0.39, 0.29) is 25.0 Å². The molecule has 0 bridgehead atoms. The largest absolute Gasteiger partial charge is 0.378 e. The van der Waals surface area contributed by atoms with Gasteiger partial charge in [-0.15, -0.1) is 0 Å². The predicted molar refractivity (Wildman–Crippen MR) is 175 cm³/mol. The van der Waals surface area contributed by atoms with Crippen LogP contribution in [-0.2, 0) is 52.1 Å². The molecule has 276 valence electrons. The summed E-state index contributed by atoms with van der Waals surface area (Å²) in [6.07, 6.45) is 0. The molecule has 2 amide bonds. The maximum atomic E-state index is 12.3. The SMILES string of the molecule is CNCCOCCOCCOCCOCCOCCOCCOCCOCCOCCOCCOCCN1C(=O)c2ccccc2C1=O. The highest BCUT2D eigenvalue weighted by molar-refractivity contribution is 6.21. The number of benzene rings is 1. The van der Waals surface area contributed by atoms with Gasteiger partial charge in [0, 0.05) is 6.54 Å². The first-order valence-electron chi connectivity index (χ1n) is 16.7. The lowest BCUT2D eigenvalue weighted by Gasteiger charge is -2.13. The van der Waals surface area contributed by atoms with Crippen LogP contribution < -0.4 is 5.32 Å². The Morgan fingerprint density at radius 3 is 0.938 bits per heavy atom. The minimum absolute atomic E-state index is 0.214. The number of imide groups is 1. The number of nitrogens with zero attached hydrogens (tertiary/aromatic N) is 1. The number of amides is 2. The molecule has 15 nitrogen and oxygen atoms in total. The van der Waals surface area contributed by atoms with Crippen LogP contribution in [0.5, 0.6) is 0 Å². The number of likely N-dealkylation sites (N-methyl/N-ethyl adjacent to an activating group) is 1. The Balaban J connectivity index is 1.17. The molecular formula is C33H56N2O13. The van der Waals surface area contributed by atoms with E-state index in [0.29, 0.717) is 150 Å². The Kier molecular flexibility index (Phi) is 27.1. The highest BCUT2D eigenvalue weighted by Gasteiger charge is 2.34. The molecule has 1 aliphatic heterocycles. The highest BCUT2D eigenvalue weighted by Crippen LogP contribution is 2.21. The Morgan fingerprint density at radius 1 is 0.417 bits per heavy atom. The zero-order valence-electron chi connectivity index (χ0n) is 28.5. The van der Waals surface area contributed by atoms with Gasteiger partial charge in [0.1, 0.15) is 0 Å². The van der Waals surface area contributed by atoms with Gasteiger partial charge in [-0.05, 0) is 19.2 Å². The molecule has 48 heavy (non-hydrogen) atoms. The molecule has 0 unspecified atom stereocenters. The van der Waals surface area contributed by atoms with Crippen molar-refractivity contribution in [3.63, 3.8) is 0 Å². The lowest BCUT2D eigenvalue weighted by molar-refractivity contribution is -0.0275. The standard InChI is InChI=1S/C33H56N2O13/c1-34-6-8-38-10-12-40-14-16-42-18-20-44-22-24-46-26-28-48-29-27-47-25-23-45-21-19-43-17-15-41-13-11-39-9-7-35-32(36)30-4-2-3-5-31(30)33(35)37/h2-5,34H,6-29H2,1H3. The first-order chi connectivity index (χ1) is 23.8. The second kappa shape index (κ2) is 30.9. The van der Waals surface area contributed by atoms with Crippen LogP contribution in [-0.4, -0.2) is 182 Å². The molecule has 1 aliphatic rings. The number of ether oxygens (including phenoxy) is 11. The van der Waals surface area contributed by atoms with Crippen molar-refractivity contribution in [1.29, 1.82) is 0 Å². The molecule has 1 aromatic carbocycles. The quantitative estimate of drug-likeness (QED) is 0.0778. The Bertz CT molecular complexity index is 892. The van der Waals surface area contributed by atoms with E-state index in [1.165, 1.54) is 4.90 Å². The van der Waals surface area contributed by atoms with E-state index in [0.717, 1.165) is 6.54 Å². The third-order valence-electron chi connectivity index (χ3n) is 6.55. The average molecular weight is 689 g/mol. The summed E-state index contributed by atoms with van der Waals surface area (Å²) < 4.78 is 60.0. The lowest BCUT2D eigenvalue weighted by atomic mass is 10.1. The third-order valence-corrected chi connectivity index (χ3v) is 6.55. The van der Waals surface area contributed by atoms with E-state index in [2.05, 4.69) is 5.32 Å². The lowest BCUT2D eigenvalue weighted by Crippen LogP contribution is -2.33. The minimum Gasteiger partial charge on any atom is -0.378 e. The molecule has 0 radical (unpaired) electrons. The van der Waals surface area contributed by atoms with Crippen molar-refractivity contribution in [2.24, 2.45) is 0 Å². The van der Waals surface area contributed by atoms with Gasteiger partial charge in [-0.25, -0.2) is 0 Å². The van der Waals surface area contributed by atoms with E-state index in [9.17, 15) is 9.59 Å². The molecule has 2 rings (SSSR count). The number of rotatable bonds is 36. The van der Waals surface area contributed by atoms with Gasteiger partial charge in [0.2, 0.25) is 0 Å². The van der Waals surface area contributed by atoms with Gasteiger partial charge in [0.25, 0.3) is 11.8 Å². The maximum absolute atomic E-state index is 12.3. The minimum atomic E-state index is -0.277. The molecule has 1 N–H and O–H groups in total. The molecule has 15 heteroatoms. The van der Waals surface area contributed by atoms with E-state index in [1.54, 1.807) is 24.3 Å². The van der Waals surface area contributed by atoms with Gasteiger partial charge in [0.15, 0.2) is 0 Å². The van der Waals surface area contributed by atoms with E-state index >= 15 is 0 Å². The number of hydrogen-bond donors (Lipinski definition) is 1. The number of carbonyl (C=O) groups excluding carboxylic acids is 2. The topological polar surface area (TPSA) is 151 Å². The predicted octanol–water partition coefficient (Wildman–Crippen LogP) is 0.685. The number of hydrogen-bond acceptors (Lipinski definition) is 14. The third kappa shape index (κ3) is 21.1.